The van der Waals surface area contributed by atoms with E-state index < -0.39 is 0 Å². The predicted octanol–water partition coefficient (Wildman–Crippen LogP) is 3.80. The van der Waals surface area contributed by atoms with Gasteiger partial charge in [0.1, 0.15) is 0 Å². The molecule has 1 saturated carbocycles. The summed E-state index contributed by atoms with van der Waals surface area (Å²) in [6.45, 7) is 8.52. The first-order chi connectivity index (χ1) is 9.51. The van der Waals surface area contributed by atoms with Gasteiger partial charge < -0.3 is 0 Å². The summed E-state index contributed by atoms with van der Waals surface area (Å²) in [6, 6.07) is -0.0717. The van der Waals surface area contributed by atoms with Gasteiger partial charge in [0.2, 0.25) is 12.2 Å². The van der Waals surface area contributed by atoms with Crippen molar-refractivity contribution in [3.8, 4) is 0 Å². The molecular weight excluding hydrogens is 252 g/mol. The van der Waals surface area contributed by atoms with Gasteiger partial charge in [0, 0.05) is 0 Å². The third kappa shape index (κ3) is 3.26. The van der Waals surface area contributed by atoms with Gasteiger partial charge in [0.15, 0.2) is 0 Å². The molecule has 4 heteroatoms. The molecule has 0 aliphatic heterocycles. The maximum atomic E-state index is 10.7. The van der Waals surface area contributed by atoms with Crippen LogP contribution in [0.15, 0.2) is 9.98 Å². The third-order valence-corrected chi connectivity index (χ3v) is 5.61. The number of nitrogens with zero attached hydrogens (tertiary/aromatic N) is 2. The molecule has 1 aliphatic rings. The van der Waals surface area contributed by atoms with E-state index in [0.29, 0.717) is 0 Å². The summed E-state index contributed by atoms with van der Waals surface area (Å²) in [5, 5.41) is 0. The van der Waals surface area contributed by atoms with E-state index in [1.54, 1.807) is 12.2 Å². The molecule has 0 aromatic rings. The second-order valence-electron chi connectivity index (χ2n) is 6.28. The Morgan fingerprint density at radius 3 is 2.20 bits per heavy atom. The lowest BCUT2D eigenvalue weighted by Crippen LogP contribution is -2.46. The molecule has 3 unspecified atom stereocenters. The third-order valence-electron chi connectivity index (χ3n) is 5.61. The lowest BCUT2D eigenvalue weighted by atomic mass is 9.55. The standard InChI is InChI=1S/C16H26N2O2/c1-5-15(6-2)8-14(18-12-20)9-16(7-3,10-15)13(4)17-11-19/h13-14H,5-10H2,1-4H3. The first-order valence-corrected chi connectivity index (χ1v) is 7.65. The fourth-order valence-corrected chi connectivity index (χ4v) is 3.99. The van der Waals surface area contributed by atoms with Crippen molar-refractivity contribution in [1.82, 2.24) is 0 Å². The van der Waals surface area contributed by atoms with Crippen molar-refractivity contribution >= 4 is 12.2 Å². The molecule has 4 nitrogen and oxygen atoms in total. The summed E-state index contributed by atoms with van der Waals surface area (Å²) in [5.74, 6) is 0. The van der Waals surface area contributed by atoms with E-state index in [9.17, 15) is 9.59 Å². The van der Waals surface area contributed by atoms with Crippen LogP contribution in [-0.4, -0.2) is 24.2 Å². The Bertz CT molecular complexity index is 418. The van der Waals surface area contributed by atoms with Crippen molar-refractivity contribution in [2.24, 2.45) is 20.8 Å². The monoisotopic (exact) mass is 278 g/mol. The summed E-state index contributed by atoms with van der Waals surface area (Å²) >= 11 is 0. The highest BCUT2D eigenvalue weighted by Gasteiger charge is 2.48. The van der Waals surface area contributed by atoms with Crippen LogP contribution in [0.1, 0.15) is 66.2 Å². The quantitative estimate of drug-likeness (QED) is 0.548. The second-order valence-corrected chi connectivity index (χ2v) is 6.28. The normalized spacial score (nSPS) is 29.9. The average Bonchev–Trinajstić information content (AvgIpc) is 2.47. The minimum atomic E-state index is -0.0767. The van der Waals surface area contributed by atoms with E-state index in [-0.39, 0.29) is 22.9 Å². The van der Waals surface area contributed by atoms with Crippen LogP contribution in [0.25, 0.3) is 0 Å². The van der Waals surface area contributed by atoms with Gasteiger partial charge in [-0.05, 0) is 43.4 Å². The highest BCUT2D eigenvalue weighted by molar-refractivity contribution is 5.35. The second kappa shape index (κ2) is 6.97. The largest absolute Gasteiger partial charge is 0.235 e. The van der Waals surface area contributed by atoms with Gasteiger partial charge in [0.05, 0.1) is 12.1 Å². The van der Waals surface area contributed by atoms with Crippen LogP contribution in [-0.2, 0) is 9.59 Å². The Hall–Kier alpha value is -1.24. The number of hydrogen-bond donors (Lipinski definition) is 0. The molecule has 112 valence electrons. The number of rotatable bonds is 6. The van der Waals surface area contributed by atoms with E-state index in [4.69, 9.17) is 0 Å². The topological polar surface area (TPSA) is 58.9 Å². The Morgan fingerprint density at radius 1 is 1.10 bits per heavy atom. The smallest absolute Gasteiger partial charge is 0.211 e. The van der Waals surface area contributed by atoms with E-state index in [1.807, 2.05) is 6.92 Å². The molecule has 0 aromatic carbocycles. The minimum Gasteiger partial charge on any atom is -0.211 e. The molecule has 20 heavy (non-hydrogen) atoms. The first-order valence-electron chi connectivity index (χ1n) is 7.65. The summed E-state index contributed by atoms with van der Waals surface area (Å²) in [7, 11) is 0. The molecule has 1 aliphatic carbocycles. The Labute approximate surface area is 121 Å². The molecule has 0 N–H and O–H groups in total. The summed E-state index contributed by atoms with van der Waals surface area (Å²) in [4.78, 5) is 29.3. The molecule has 0 amide bonds. The van der Waals surface area contributed by atoms with Gasteiger partial charge in [-0.25, -0.2) is 19.6 Å². The Morgan fingerprint density at radius 2 is 1.75 bits per heavy atom. The summed E-state index contributed by atoms with van der Waals surface area (Å²) < 4.78 is 0. The van der Waals surface area contributed by atoms with Crippen LogP contribution in [0, 0.1) is 10.8 Å². The molecule has 0 heterocycles. The molecule has 3 atom stereocenters. The SMILES string of the molecule is CCC1(CC)CC(N=C=O)CC(CC)(C(C)N=C=O)C1. The number of hydrogen-bond acceptors (Lipinski definition) is 4. The van der Waals surface area contributed by atoms with Gasteiger partial charge in [-0.15, -0.1) is 0 Å². The van der Waals surface area contributed by atoms with Crippen LogP contribution < -0.4 is 0 Å². The van der Waals surface area contributed by atoms with Crippen molar-refractivity contribution in [2.75, 3.05) is 0 Å². The number of isocyanates is 2. The van der Waals surface area contributed by atoms with Crippen LogP contribution in [0.4, 0.5) is 0 Å². The van der Waals surface area contributed by atoms with Gasteiger partial charge in [0.25, 0.3) is 0 Å². The van der Waals surface area contributed by atoms with Crippen molar-refractivity contribution in [2.45, 2.75) is 78.3 Å². The maximum absolute atomic E-state index is 10.7. The minimum absolute atomic E-state index is 0.00500. The van der Waals surface area contributed by atoms with Crippen LogP contribution >= 0.6 is 0 Å². The predicted molar refractivity (Wildman–Crippen MR) is 79.1 cm³/mol. The zero-order valence-corrected chi connectivity index (χ0v) is 13.1. The highest BCUT2D eigenvalue weighted by Crippen LogP contribution is 2.54. The molecular formula is C16H26N2O2. The van der Waals surface area contributed by atoms with E-state index in [0.717, 1.165) is 38.5 Å². The zero-order valence-electron chi connectivity index (χ0n) is 13.1. The van der Waals surface area contributed by atoms with E-state index in [1.165, 1.54) is 0 Å². The maximum Gasteiger partial charge on any atom is 0.235 e. The lowest BCUT2D eigenvalue weighted by molar-refractivity contribution is 0.0196. The molecule has 0 radical (unpaired) electrons. The zero-order chi connectivity index (χ0) is 15.2. The molecule has 0 saturated heterocycles. The van der Waals surface area contributed by atoms with Crippen molar-refractivity contribution in [3.05, 3.63) is 0 Å². The average molecular weight is 278 g/mol. The van der Waals surface area contributed by atoms with Crippen LogP contribution in [0.5, 0.6) is 0 Å². The van der Waals surface area contributed by atoms with Gasteiger partial charge in [-0.3, -0.25) is 0 Å². The number of aliphatic imine (C=N–C) groups is 2. The number of carbonyl (C=O) groups excluding carboxylic acids is 2. The highest BCUT2D eigenvalue weighted by atomic mass is 16.1. The van der Waals surface area contributed by atoms with Crippen LogP contribution in [0.3, 0.4) is 0 Å². The molecule has 0 aromatic heterocycles. The Balaban J connectivity index is 3.21. The first kappa shape index (κ1) is 16.8. The van der Waals surface area contributed by atoms with E-state index in [2.05, 4.69) is 30.8 Å². The van der Waals surface area contributed by atoms with Gasteiger partial charge >= 0.3 is 0 Å². The Kier molecular flexibility index (Phi) is 5.86. The van der Waals surface area contributed by atoms with Gasteiger partial charge in [-0.1, -0.05) is 33.6 Å². The van der Waals surface area contributed by atoms with E-state index >= 15 is 0 Å². The molecule has 0 spiro atoms. The molecule has 1 rings (SSSR count). The fraction of sp³-hybridized carbons (Fsp3) is 0.875. The fourth-order valence-electron chi connectivity index (χ4n) is 3.99. The van der Waals surface area contributed by atoms with Crippen molar-refractivity contribution in [1.29, 1.82) is 0 Å². The summed E-state index contributed by atoms with van der Waals surface area (Å²) in [6.07, 6.45) is 9.28. The molecule has 1 fully saturated rings. The molecule has 0 bridgehead atoms. The van der Waals surface area contributed by atoms with Crippen LogP contribution in [0.2, 0.25) is 0 Å². The summed E-state index contributed by atoms with van der Waals surface area (Å²) in [5.41, 5.74) is 0.124. The van der Waals surface area contributed by atoms with Crippen molar-refractivity contribution < 1.29 is 9.59 Å². The lowest BCUT2D eigenvalue weighted by Gasteiger charge is -2.51. The van der Waals surface area contributed by atoms with Gasteiger partial charge in [-0.2, -0.15) is 0 Å². The van der Waals surface area contributed by atoms with Crippen molar-refractivity contribution in [3.63, 3.8) is 0 Å².